The van der Waals surface area contributed by atoms with E-state index in [0.29, 0.717) is 46.0 Å². The molecule has 0 fully saturated rings. The second-order valence-corrected chi connectivity index (χ2v) is 6.02. The van der Waals surface area contributed by atoms with Crippen LogP contribution in [0.5, 0.6) is 0 Å². The summed E-state index contributed by atoms with van der Waals surface area (Å²) in [5.74, 6) is -0.289. The minimum Gasteiger partial charge on any atom is -0.449 e. The molecule has 3 aromatic rings. The molecule has 2 aromatic heterocycles. The third-order valence-corrected chi connectivity index (χ3v) is 4.04. The molecule has 0 aliphatic rings. The number of benzene rings is 1. The summed E-state index contributed by atoms with van der Waals surface area (Å²) in [7, 11) is 1.62. The van der Waals surface area contributed by atoms with E-state index in [1.807, 2.05) is 0 Å². The smallest absolute Gasteiger partial charge is 0.413 e. The number of pyridine rings is 1. The van der Waals surface area contributed by atoms with Crippen LogP contribution >= 0.6 is 0 Å². The lowest BCUT2D eigenvalue weighted by molar-refractivity contribution is 0.102. The summed E-state index contributed by atoms with van der Waals surface area (Å²) in [6, 6.07) is 8.59. The number of aryl methyl sites for hydroxylation is 2. The molecule has 0 unspecified atom stereocenters. The number of fused-ring (bicyclic) bond motifs is 1. The van der Waals surface area contributed by atoms with Crippen LogP contribution in [0.4, 0.5) is 16.2 Å². The van der Waals surface area contributed by atoms with E-state index in [1.165, 1.54) is 4.90 Å². The van der Waals surface area contributed by atoms with Crippen molar-refractivity contribution in [2.75, 3.05) is 23.9 Å². The highest BCUT2D eigenvalue weighted by molar-refractivity contribution is 6.12. The quantitative estimate of drug-likeness (QED) is 0.754. The van der Waals surface area contributed by atoms with E-state index in [0.717, 1.165) is 0 Å². The first kappa shape index (κ1) is 18.4. The second-order valence-electron chi connectivity index (χ2n) is 6.02. The van der Waals surface area contributed by atoms with Gasteiger partial charge in [-0.05, 0) is 51.1 Å². The summed E-state index contributed by atoms with van der Waals surface area (Å²) >= 11 is 0. The number of nitrogens with zero attached hydrogens (tertiary/aromatic N) is 3. The van der Waals surface area contributed by atoms with Crippen LogP contribution in [-0.4, -0.2) is 35.8 Å². The number of amides is 2. The zero-order valence-corrected chi connectivity index (χ0v) is 15.6. The Bertz CT molecular complexity index is 995. The number of ether oxygens (including phenoxy) is 1. The minimum absolute atomic E-state index is 0.289. The Labute approximate surface area is 156 Å². The predicted octanol–water partition coefficient (Wildman–Crippen LogP) is 3.68. The Kier molecular flexibility index (Phi) is 5.07. The first-order valence-corrected chi connectivity index (χ1v) is 8.46. The van der Waals surface area contributed by atoms with Crippen molar-refractivity contribution < 1.29 is 18.8 Å². The molecule has 140 valence electrons. The fourth-order valence-electron chi connectivity index (χ4n) is 2.69. The van der Waals surface area contributed by atoms with Crippen LogP contribution in [0.2, 0.25) is 0 Å². The van der Waals surface area contributed by atoms with Crippen molar-refractivity contribution in [2.45, 2.75) is 20.8 Å². The maximum Gasteiger partial charge on any atom is 0.413 e. The summed E-state index contributed by atoms with van der Waals surface area (Å²) < 4.78 is 10.1. The zero-order chi connectivity index (χ0) is 19.6. The molecule has 0 aliphatic carbocycles. The number of carbonyl (C=O) groups excluding carboxylic acids is 2. The van der Waals surface area contributed by atoms with Crippen LogP contribution in [0.1, 0.15) is 28.7 Å². The third-order valence-electron chi connectivity index (χ3n) is 4.04. The maximum atomic E-state index is 12.7. The summed E-state index contributed by atoms with van der Waals surface area (Å²) in [4.78, 5) is 30.2. The van der Waals surface area contributed by atoms with Gasteiger partial charge in [0, 0.05) is 24.1 Å². The van der Waals surface area contributed by atoms with Crippen LogP contribution < -0.4 is 10.2 Å². The van der Waals surface area contributed by atoms with Gasteiger partial charge in [-0.3, -0.25) is 9.69 Å². The number of rotatable bonds is 4. The van der Waals surface area contributed by atoms with Crippen LogP contribution in [-0.2, 0) is 4.74 Å². The molecule has 0 saturated heterocycles. The summed E-state index contributed by atoms with van der Waals surface area (Å²) in [5.41, 5.74) is 3.30. The minimum atomic E-state index is -0.438. The molecule has 3 rings (SSSR count). The van der Waals surface area contributed by atoms with Gasteiger partial charge >= 0.3 is 6.09 Å². The SMILES string of the molecule is CCOC(=O)N(C)c1ccc(NC(=O)c2cc(C)nc3onc(C)c23)cc1. The molecule has 2 amide bonds. The topological polar surface area (TPSA) is 97.6 Å². The number of hydrogen-bond acceptors (Lipinski definition) is 6. The maximum absolute atomic E-state index is 12.7. The molecule has 1 N–H and O–H groups in total. The predicted molar refractivity (Wildman–Crippen MR) is 101 cm³/mol. The fraction of sp³-hybridized carbons (Fsp3) is 0.263. The van der Waals surface area contributed by atoms with Gasteiger partial charge < -0.3 is 14.6 Å². The highest BCUT2D eigenvalue weighted by Crippen LogP contribution is 2.24. The van der Waals surface area contributed by atoms with Crippen molar-refractivity contribution in [2.24, 2.45) is 0 Å². The number of hydrogen-bond donors (Lipinski definition) is 1. The van der Waals surface area contributed by atoms with Crippen molar-refractivity contribution in [1.82, 2.24) is 10.1 Å². The van der Waals surface area contributed by atoms with Gasteiger partial charge in [0.2, 0.25) is 0 Å². The Morgan fingerprint density at radius 1 is 1.22 bits per heavy atom. The van der Waals surface area contributed by atoms with Gasteiger partial charge in [-0.1, -0.05) is 5.16 Å². The van der Waals surface area contributed by atoms with Crippen LogP contribution in [0.25, 0.3) is 11.1 Å². The molecule has 0 aliphatic heterocycles. The van der Waals surface area contributed by atoms with Crippen LogP contribution in [0.3, 0.4) is 0 Å². The Balaban J connectivity index is 1.81. The summed E-state index contributed by atoms with van der Waals surface area (Å²) in [6.07, 6.45) is -0.438. The summed E-state index contributed by atoms with van der Waals surface area (Å²) in [6.45, 7) is 5.60. The third kappa shape index (κ3) is 3.74. The average Bonchev–Trinajstić information content (AvgIpc) is 3.02. The van der Waals surface area contributed by atoms with Crippen molar-refractivity contribution in [3.05, 3.63) is 47.3 Å². The van der Waals surface area contributed by atoms with Gasteiger partial charge in [-0.2, -0.15) is 0 Å². The Morgan fingerprint density at radius 3 is 2.59 bits per heavy atom. The van der Waals surface area contributed by atoms with Crippen molar-refractivity contribution >= 4 is 34.5 Å². The Hall–Kier alpha value is -3.42. The van der Waals surface area contributed by atoms with E-state index in [2.05, 4.69) is 15.5 Å². The molecule has 0 saturated carbocycles. The monoisotopic (exact) mass is 368 g/mol. The molecule has 0 radical (unpaired) electrons. The van der Waals surface area contributed by atoms with E-state index in [4.69, 9.17) is 9.26 Å². The standard InChI is InChI=1S/C19H20N4O4/c1-5-26-19(25)23(4)14-8-6-13(7-9-14)21-17(24)15-10-11(2)20-18-16(15)12(3)22-27-18/h6-10H,5H2,1-4H3,(H,21,24). The van der Waals surface area contributed by atoms with Crippen LogP contribution in [0, 0.1) is 13.8 Å². The lowest BCUT2D eigenvalue weighted by Gasteiger charge is -2.17. The van der Waals surface area contributed by atoms with Crippen LogP contribution in [0.15, 0.2) is 34.9 Å². The normalized spacial score (nSPS) is 10.7. The largest absolute Gasteiger partial charge is 0.449 e. The number of carbonyl (C=O) groups is 2. The second kappa shape index (κ2) is 7.45. The molecule has 0 bridgehead atoms. The van der Waals surface area contributed by atoms with E-state index in [9.17, 15) is 9.59 Å². The number of nitrogens with one attached hydrogen (secondary N) is 1. The Morgan fingerprint density at radius 2 is 1.93 bits per heavy atom. The molecule has 8 heteroatoms. The molecule has 1 aromatic carbocycles. The van der Waals surface area contributed by atoms with Gasteiger partial charge in [0.05, 0.1) is 23.3 Å². The van der Waals surface area contributed by atoms with Gasteiger partial charge in [0.1, 0.15) is 0 Å². The first-order valence-electron chi connectivity index (χ1n) is 8.46. The fourth-order valence-corrected chi connectivity index (χ4v) is 2.69. The van der Waals surface area contributed by atoms with E-state index >= 15 is 0 Å². The van der Waals surface area contributed by atoms with Gasteiger partial charge in [-0.25, -0.2) is 9.78 Å². The van der Waals surface area contributed by atoms with Gasteiger partial charge in [0.15, 0.2) is 0 Å². The molecular weight excluding hydrogens is 348 g/mol. The molecule has 27 heavy (non-hydrogen) atoms. The molecule has 0 atom stereocenters. The van der Waals surface area contributed by atoms with E-state index in [-0.39, 0.29) is 5.91 Å². The van der Waals surface area contributed by atoms with E-state index < -0.39 is 6.09 Å². The molecule has 8 nitrogen and oxygen atoms in total. The highest BCUT2D eigenvalue weighted by Gasteiger charge is 2.18. The van der Waals surface area contributed by atoms with E-state index in [1.54, 1.807) is 58.2 Å². The van der Waals surface area contributed by atoms with Crippen molar-refractivity contribution in [3.63, 3.8) is 0 Å². The lowest BCUT2D eigenvalue weighted by Crippen LogP contribution is -2.26. The average molecular weight is 368 g/mol. The van der Waals surface area contributed by atoms with Gasteiger partial charge in [0.25, 0.3) is 11.6 Å². The number of aromatic nitrogens is 2. The lowest BCUT2D eigenvalue weighted by atomic mass is 10.1. The zero-order valence-electron chi connectivity index (χ0n) is 15.6. The molecule has 2 heterocycles. The molecule has 0 spiro atoms. The van der Waals surface area contributed by atoms with Crippen molar-refractivity contribution in [3.8, 4) is 0 Å². The summed E-state index contributed by atoms with van der Waals surface area (Å²) in [5, 5.41) is 7.32. The van der Waals surface area contributed by atoms with Crippen molar-refractivity contribution in [1.29, 1.82) is 0 Å². The molecular formula is C19H20N4O4. The number of anilines is 2. The highest BCUT2D eigenvalue weighted by atomic mass is 16.6. The van der Waals surface area contributed by atoms with Gasteiger partial charge in [-0.15, -0.1) is 0 Å². The first-order chi connectivity index (χ1) is 12.9.